The lowest BCUT2D eigenvalue weighted by atomic mass is 10.2. The molecule has 26 heavy (non-hydrogen) atoms. The molecule has 8 nitrogen and oxygen atoms in total. The fourth-order valence-electron chi connectivity index (χ4n) is 2.53. The lowest BCUT2D eigenvalue weighted by Gasteiger charge is -2.05. The van der Waals surface area contributed by atoms with E-state index in [2.05, 4.69) is 15.3 Å². The number of nitrogens with two attached hydrogens (primary N) is 1. The molecule has 0 atom stereocenters. The van der Waals surface area contributed by atoms with Crippen molar-refractivity contribution in [3.8, 4) is 0 Å². The summed E-state index contributed by atoms with van der Waals surface area (Å²) in [7, 11) is -3.75. The van der Waals surface area contributed by atoms with Gasteiger partial charge >= 0.3 is 0 Å². The fourth-order valence-corrected chi connectivity index (χ4v) is 4.19. The Kier molecular flexibility index (Phi) is 4.65. The maximum absolute atomic E-state index is 12.5. The molecule has 0 saturated heterocycles. The molecule has 1 amide bonds. The van der Waals surface area contributed by atoms with E-state index in [4.69, 9.17) is 5.14 Å². The van der Waals surface area contributed by atoms with E-state index in [-0.39, 0.29) is 22.9 Å². The number of aryl methyl sites for hydroxylation is 2. The first-order chi connectivity index (χ1) is 12.2. The van der Waals surface area contributed by atoms with E-state index in [9.17, 15) is 18.0 Å². The molecule has 0 bridgehead atoms. The Hall–Kier alpha value is -2.56. The third kappa shape index (κ3) is 3.52. The summed E-state index contributed by atoms with van der Waals surface area (Å²) in [4.78, 5) is 32.4. The molecule has 0 unspecified atom stereocenters. The van der Waals surface area contributed by atoms with Gasteiger partial charge in [0.15, 0.2) is 0 Å². The number of benzene rings is 1. The number of H-pyrrole nitrogens is 1. The van der Waals surface area contributed by atoms with Crippen LogP contribution in [0.25, 0.3) is 10.2 Å². The van der Waals surface area contributed by atoms with Crippen molar-refractivity contribution in [2.45, 2.75) is 25.3 Å². The van der Waals surface area contributed by atoms with Crippen LogP contribution in [-0.2, 0) is 16.6 Å². The summed E-state index contributed by atoms with van der Waals surface area (Å²) >= 11 is 1.16. The van der Waals surface area contributed by atoms with Crippen molar-refractivity contribution in [2.75, 3.05) is 0 Å². The van der Waals surface area contributed by atoms with Crippen LogP contribution in [0.5, 0.6) is 0 Å². The van der Waals surface area contributed by atoms with Crippen LogP contribution in [0.4, 0.5) is 0 Å². The lowest BCUT2D eigenvalue weighted by Crippen LogP contribution is -2.22. The molecule has 4 N–H and O–H groups in total. The molecule has 10 heteroatoms. The summed E-state index contributed by atoms with van der Waals surface area (Å²) in [6.07, 6.45) is 0. The van der Waals surface area contributed by atoms with Crippen LogP contribution < -0.4 is 16.0 Å². The Balaban J connectivity index is 1.81. The molecule has 3 rings (SSSR count). The summed E-state index contributed by atoms with van der Waals surface area (Å²) in [5.41, 5.74) is 1.04. The highest BCUT2D eigenvalue weighted by atomic mass is 32.2. The average Bonchev–Trinajstić information content (AvgIpc) is 2.89. The van der Waals surface area contributed by atoms with Crippen molar-refractivity contribution >= 4 is 37.5 Å². The highest BCUT2D eigenvalue weighted by Crippen LogP contribution is 2.26. The summed E-state index contributed by atoms with van der Waals surface area (Å²) in [6, 6.07) is 5.92. The number of rotatable bonds is 4. The van der Waals surface area contributed by atoms with Gasteiger partial charge in [0.1, 0.15) is 10.7 Å². The Labute approximate surface area is 153 Å². The number of primary sulfonamides is 1. The summed E-state index contributed by atoms with van der Waals surface area (Å²) in [6.45, 7) is 3.60. The standard InChI is InChI=1S/C16H16N4O4S2/c1-8-12-14(21)19-9(2)20-16(12)25-13(8)15(22)18-7-10-3-5-11(6-4-10)26(17,23)24/h3-6H,7H2,1-2H3,(H,18,22)(H2,17,23,24)(H,19,20,21). The van der Waals surface area contributed by atoms with Crippen molar-refractivity contribution in [1.82, 2.24) is 15.3 Å². The van der Waals surface area contributed by atoms with Gasteiger partial charge in [-0.15, -0.1) is 11.3 Å². The minimum Gasteiger partial charge on any atom is -0.347 e. The highest BCUT2D eigenvalue weighted by molar-refractivity contribution is 7.89. The third-order valence-corrected chi connectivity index (χ3v) is 5.94. The van der Waals surface area contributed by atoms with Crippen molar-refractivity contribution in [3.05, 3.63) is 56.4 Å². The van der Waals surface area contributed by atoms with Crippen molar-refractivity contribution < 1.29 is 13.2 Å². The van der Waals surface area contributed by atoms with Gasteiger partial charge in [-0.2, -0.15) is 0 Å². The maximum Gasteiger partial charge on any atom is 0.261 e. The van der Waals surface area contributed by atoms with E-state index in [0.29, 0.717) is 26.5 Å². The van der Waals surface area contributed by atoms with E-state index >= 15 is 0 Å². The largest absolute Gasteiger partial charge is 0.347 e. The zero-order valence-electron chi connectivity index (χ0n) is 14.0. The maximum atomic E-state index is 12.5. The van der Waals surface area contributed by atoms with Gasteiger partial charge in [0.25, 0.3) is 11.5 Å². The average molecular weight is 392 g/mol. The predicted octanol–water partition coefficient (Wildman–Crippen LogP) is 1.18. The Morgan fingerprint density at radius 2 is 1.92 bits per heavy atom. The fraction of sp³-hybridized carbons (Fsp3) is 0.188. The summed E-state index contributed by atoms with van der Waals surface area (Å²) in [5, 5.41) is 8.23. The SMILES string of the molecule is Cc1nc2sc(C(=O)NCc3ccc(S(N)(=O)=O)cc3)c(C)c2c(=O)[nH]1. The molecule has 0 saturated carbocycles. The van der Waals surface area contributed by atoms with Crippen LogP contribution in [0.2, 0.25) is 0 Å². The van der Waals surface area contributed by atoms with Crippen molar-refractivity contribution in [2.24, 2.45) is 5.14 Å². The Morgan fingerprint density at radius 3 is 2.54 bits per heavy atom. The topological polar surface area (TPSA) is 135 Å². The Morgan fingerprint density at radius 1 is 1.27 bits per heavy atom. The lowest BCUT2D eigenvalue weighted by molar-refractivity contribution is 0.0954. The highest BCUT2D eigenvalue weighted by Gasteiger charge is 2.18. The predicted molar refractivity (Wildman–Crippen MR) is 98.7 cm³/mol. The number of nitrogens with zero attached hydrogens (tertiary/aromatic N) is 1. The number of fused-ring (bicyclic) bond motifs is 1. The van der Waals surface area contributed by atoms with Crippen molar-refractivity contribution in [3.63, 3.8) is 0 Å². The zero-order chi connectivity index (χ0) is 19.1. The van der Waals surface area contributed by atoms with Gasteiger partial charge in [-0.25, -0.2) is 18.5 Å². The number of nitrogens with one attached hydrogen (secondary N) is 2. The van der Waals surface area contributed by atoms with Crippen molar-refractivity contribution in [1.29, 1.82) is 0 Å². The number of hydrogen-bond acceptors (Lipinski definition) is 6. The second-order valence-electron chi connectivity index (χ2n) is 5.76. The van der Waals surface area contributed by atoms with Crippen LogP contribution in [0.3, 0.4) is 0 Å². The summed E-state index contributed by atoms with van der Waals surface area (Å²) in [5.74, 6) is 0.170. The first-order valence-corrected chi connectivity index (χ1v) is 9.93. The Bertz CT molecular complexity index is 1160. The van der Waals surface area contributed by atoms with E-state index in [1.165, 1.54) is 12.1 Å². The molecular weight excluding hydrogens is 376 g/mol. The second-order valence-corrected chi connectivity index (χ2v) is 8.32. The van der Waals surface area contributed by atoms with Crippen LogP contribution in [0, 0.1) is 13.8 Å². The molecule has 0 fully saturated rings. The van der Waals surface area contributed by atoms with E-state index in [1.54, 1.807) is 26.0 Å². The number of carbonyl (C=O) groups is 1. The molecular formula is C16H16N4O4S2. The molecule has 0 aliphatic heterocycles. The van der Waals surface area contributed by atoms with Crippen LogP contribution >= 0.6 is 11.3 Å². The normalized spacial score (nSPS) is 11.7. The molecule has 1 aromatic carbocycles. The number of hydrogen-bond donors (Lipinski definition) is 3. The molecule has 0 aliphatic rings. The number of aromatic amines is 1. The molecule has 2 heterocycles. The van der Waals surface area contributed by atoms with E-state index in [0.717, 1.165) is 16.9 Å². The van der Waals surface area contributed by atoms with Gasteiger partial charge in [-0.3, -0.25) is 9.59 Å². The molecule has 2 aromatic heterocycles. The van der Waals surface area contributed by atoms with Gasteiger partial charge in [0, 0.05) is 6.54 Å². The number of sulfonamides is 1. The third-order valence-electron chi connectivity index (χ3n) is 3.83. The monoisotopic (exact) mass is 392 g/mol. The first-order valence-electron chi connectivity index (χ1n) is 7.57. The molecule has 0 aliphatic carbocycles. The smallest absolute Gasteiger partial charge is 0.261 e. The summed E-state index contributed by atoms with van der Waals surface area (Å²) < 4.78 is 22.5. The number of carbonyl (C=O) groups excluding carboxylic acids is 1. The second kappa shape index (κ2) is 6.63. The van der Waals surface area contributed by atoms with Gasteiger partial charge < -0.3 is 10.3 Å². The van der Waals surface area contributed by atoms with Crippen LogP contribution in [0.1, 0.15) is 26.6 Å². The van der Waals surface area contributed by atoms with Gasteiger partial charge in [0.2, 0.25) is 10.0 Å². The number of thiophene rings is 1. The zero-order valence-corrected chi connectivity index (χ0v) is 15.6. The van der Waals surface area contributed by atoms with Crippen LogP contribution in [-0.4, -0.2) is 24.3 Å². The molecule has 0 spiro atoms. The van der Waals surface area contributed by atoms with Gasteiger partial charge in [-0.1, -0.05) is 12.1 Å². The molecule has 136 valence electrons. The van der Waals surface area contributed by atoms with Crippen LogP contribution in [0.15, 0.2) is 34.0 Å². The first kappa shape index (κ1) is 18.2. The quantitative estimate of drug-likeness (QED) is 0.613. The molecule has 0 radical (unpaired) electrons. The molecule has 3 aromatic rings. The minimum atomic E-state index is -3.75. The van der Waals surface area contributed by atoms with E-state index in [1.807, 2.05) is 0 Å². The van der Waals surface area contributed by atoms with Gasteiger partial charge in [0.05, 0.1) is 15.2 Å². The number of amides is 1. The number of aromatic nitrogens is 2. The van der Waals surface area contributed by atoms with Gasteiger partial charge in [-0.05, 0) is 37.1 Å². The van der Waals surface area contributed by atoms with E-state index < -0.39 is 10.0 Å². The minimum absolute atomic E-state index is 0.00796.